The van der Waals surface area contributed by atoms with Gasteiger partial charge in [0.1, 0.15) is 17.2 Å². The first-order valence-electron chi connectivity index (χ1n) is 10.3. The monoisotopic (exact) mass is 475 g/mol. The van der Waals surface area contributed by atoms with Crippen molar-refractivity contribution in [3.05, 3.63) is 82.9 Å². The van der Waals surface area contributed by atoms with Crippen LogP contribution < -0.4 is 19.6 Å². The SMILES string of the molecule is COc1cc(OC)c(/C=N/NC(=O)c2cc(-c3ccccc3Cl)nc3ccccc23)c(OC)c1. The van der Waals surface area contributed by atoms with Crippen molar-refractivity contribution in [2.24, 2.45) is 5.10 Å². The van der Waals surface area contributed by atoms with Crippen LogP contribution in [0.1, 0.15) is 15.9 Å². The third-order valence-corrected chi connectivity index (χ3v) is 5.55. The van der Waals surface area contributed by atoms with Gasteiger partial charge in [-0.2, -0.15) is 5.10 Å². The molecule has 4 rings (SSSR count). The average Bonchev–Trinajstić information content (AvgIpc) is 2.88. The molecule has 0 radical (unpaired) electrons. The van der Waals surface area contributed by atoms with Crippen molar-refractivity contribution in [3.8, 4) is 28.5 Å². The van der Waals surface area contributed by atoms with Crippen LogP contribution in [-0.4, -0.2) is 38.4 Å². The Kier molecular flexibility index (Phi) is 6.94. The zero-order valence-electron chi connectivity index (χ0n) is 18.8. The molecule has 0 fully saturated rings. The number of ether oxygens (including phenoxy) is 3. The van der Waals surface area contributed by atoms with Gasteiger partial charge in [-0.05, 0) is 18.2 Å². The molecule has 0 aliphatic heterocycles. The molecule has 0 saturated carbocycles. The van der Waals surface area contributed by atoms with Crippen LogP contribution in [-0.2, 0) is 0 Å². The molecular weight excluding hydrogens is 454 g/mol. The van der Waals surface area contributed by atoms with Gasteiger partial charge < -0.3 is 14.2 Å². The number of pyridine rings is 1. The number of methoxy groups -OCH3 is 3. The normalized spacial score (nSPS) is 10.9. The predicted octanol–water partition coefficient (Wildman–Crippen LogP) is 5.34. The van der Waals surface area contributed by atoms with Crippen LogP contribution in [0, 0.1) is 0 Å². The lowest BCUT2D eigenvalue weighted by molar-refractivity contribution is 0.0956. The second kappa shape index (κ2) is 10.2. The lowest BCUT2D eigenvalue weighted by atomic mass is 10.0. The Labute approximate surface area is 201 Å². The molecule has 0 aliphatic rings. The van der Waals surface area contributed by atoms with E-state index in [1.807, 2.05) is 42.5 Å². The van der Waals surface area contributed by atoms with Crippen LogP contribution in [0.5, 0.6) is 17.2 Å². The van der Waals surface area contributed by atoms with Crippen LogP contribution >= 0.6 is 11.6 Å². The molecule has 4 aromatic rings. The first-order valence-corrected chi connectivity index (χ1v) is 10.7. The number of aromatic nitrogens is 1. The summed E-state index contributed by atoms with van der Waals surface area (Å²) >= 11 is 6.38. The fourth-order valence-electron chi connectivity index (χ4n) is 3.55. The molecule has 0 atom stereocenters. The molecular formula is C26H22ClN3O4. The van der Waals surface area contributed by atoms with Gasteiger partial charge in [0.05, 0.1) is 49.9 Å². The van der Waals surface area contributed by atoms with Crippen molar-refractivity contribution in [3.63, 3.8) is 0 Å². The molecule has 3 aromatic carbocycles. The van der Waals surface area contributed by atoms with Gasteiger partial charge in [0, 0.05) is 28.1 Å². The van der Waals surface area contributed by atoms with Crippen LogP contribution in [0.4, 0.5) is 0 Å². The molecule has 7 nitrogen and oxygen atoms in total. The zero-order chi connectivity index (χ0) is 24.1. The maximum Gasteiger partial charge on any atom is 0.272 e. The van der Waals surface area contributed by atoms with Crippen LogP contribution in [0.25, 0.3) is 22.2 Å². The van der Waals surface area contributed by atoms with Gasteiger partial charge in [0.2, 0.25) is 0 Å². The quantitative estimate of drug-likeness (QED) is 0.288. The van der Waals surface area contributed by atoms with Crippen molar-refractivity contribution in [1.29, 1.82) is 0 Å². The molecule has 1 aromatic heterocycles. The smallest absolute Gasteiger partial charge is 0.272 e. The maximum atomic E-state index is 13.2. The van der Waals surface area contributed by atoms with Gasteiger partial charge >= 0.3 is 0 Å². The summed E-state index contributed by atoms with van der Waals surface area (Å²) in [5, 5.41) is 5.39. The topological polar surface area (TPSA) is 82.0 Å². The fraction of sp³-hybridized carbons (Fsp3) is 0.115. The lowest BCUT2D eigenvalue weighted by Gasteiger charge is -2.12. The highest BCUT2D eigenvalue weighted by molar-refractivity contribution is 6.33. The van der Waals surface area contributed by atoms with E-state index in [2.05, 4.69) is 10.5 Å². The Hall–Kier alpha value is -4.10. The van der Waals surface area contributed by atoms with Crippen LogP contribution in [0.15, 0.2) is 71.8 Å². The summed E-state index contributed by atoms with van der Waals surface area (Å²) in [5.74, 6) is 1.16. The molecule has 0 unspecified atom stereocenters. The Morgan fingerprint density at radius 3 is 2.29 bits per heavy atom. The lowest BCUT2D eigenvalue weighted by Crippen LogP contribution is -2.18. The van der Waals surface area contributed by atoms with Crippen LogP contribution in [0.2, 0.25) is 5.02 Å². The summed E-state index contributed by atoms with van der Waals surface area (Å²) < 4.78 is 16.1. The highest BCUT2D eigenvalue weighted by atomic mass is 35.5. The molecule has 0 aliphatic carbocycles. The minimum atomic E-state index is -0.394. The minimum Gasteiger partial charge on any atom is -0.496 e. The second-order valence-corrected chi connectivity index (χ2v) is 7.60. The van der Waals surface area contributed by atoms with Crippen LogP contribution in [0.3, 0.4) is 0 Å². The van der Waals surface area contributed by atoms with E-state index in [9.17, 15) is 4.79 Å². The highest BCUT2D eigenvalue weighted by Gasteiger charge is 2.16. The van der Waals surface area contributed by atoms with Gasteiger partial charge in [0.25, 0.3) is 5.91 Å². The number of hydrazone groups is 1. The second-order valence-electron chi connectivity index (χ2n) is 7.20. The molecule has 0 spiro atoms. The molecule has 0 bridgehead atoms. The van der Waals surface area contributed by atoms with Crippen molar-refractivity contribution >= 4 is 34.6 Å². The summed E-state index contributed by atoms with van der Waals surface area (Å²) in [7, 11) is 4.62. The number of fused-ring (bicyclic) bond motifs is 1. The summed E-state index contributed by atoms with van der Waals surface area (Å²) in [6.45, 7) is 0. The molecule has 1 N–H and O–H groups in total. The number of rotatable bonds is 7. The van der Waals surface area contributed by atoms with Gasteiger partial charge in [-0.1, -0.05) is 48.0 Å². The number of nitrogens with zero attached hydrogens (tertiary/aromatic N) is 2. The van der Waals surface area contributed by atoms with E-state index in [1.54, 1.807) is 31.4 Å². The summed E-state index contributed by atoms with van der Waals surface area (Å²) in [6.07, 6.45) is 1.47. The zero-order valence-corrected chi connectivity index (χ0v) is 19.6. The maximum absolute atomic E-state index is 13.2. The van der Waals surface area contributed by atoms with Gasteiger partial charge in [-0.25, -0.2) is 10.4 Å². The summed E-state index contributed by atoms with van der Waals surface area (Å²) in [6, 6.07) is 19.9. The fourth-order valence-corrected chi connectivity index (χ4v) is 3.78. The highest BCUT2D eigenvalue weighted by Crippen LogP contribution is 2.33. The Balaban J connectivity index is 1.69. The van der Waals surface area contributed by atoms with Gasteiger partial charge in [0.15, 0.2) is 0 Å². The average molecular weight is 476 g/mol. The van der Waals surface area contributed by atoms with E-state index < -0.39 is 5.91 Å². The van der Waals surface area contributed by atoms with Crippen molar-refractivity contribution in [2.75, 3.05) is 21.3 Å². The largest absolute Gasteiger partial charge is 0.496 e. The van der Waals surface area contributed by atoms with E-state index in [-0.39, 0.29) is 0 Å². The van der Waals surface area contributed by atoms with E-state index in [1.165, 1.54) is 20.4 Å². The number of hydrogen-bond donors (Lipinski definition) is 1. The van der Waals surface area contributed by atoms with Crippen molar-refractivity contribution in [1.82, 2.24) is 10.4 Å². The molecule has 172 valence electrons. The van der Waals surface area contributed by atoms with Gasteiger partial charge in [-0.3, -0.25) is 4.79 Å². The Bertz CT molecular complexity index is 1360. The molecule has 1 amide bonds. The van der Waals surface area contributed by atoms with Crippen molar-refractivity contribution < 1.29 is 19.0 Å². The van der Waals surface area contributed by atoms with Crippen molar-refractivity contribution in [2.45, 2.75) is 0 Å². The number of carbonyl (C=O) groups excluding carboxylic acids is 1. The van der Waals surface area contributed by atoms with E-state index in [4.69, 9.17) is 30.8 Å². The number of para-hydroxylation sites is 1. The number of benzene rings is 3. The standard InChI is InChI=1S/C26H22ClN3O4/c1-32-16-12-24(33-2)20(25(13-16)34-3)15-28-30-26(31)19-14-23(18-9-4-6-10-21(18)27)29-22-11-7-5-8-17(19)22/h4-15H,1-3H3,(H,30,31)/b28-15+. The molecule has 8 heteroatoms. The van der Waals surface area contributed by atoms with E-state index >= 15 is 0 Å². The third kappa shape index (κ3) is 4.65. The van der Waals surface area contributed by atoms with E-state index in [0.717, 1.165) is 5.56 Å². The Morgan fingerprint density at radius 1 is 0.941 bits per heavy atom. The predicted molar refractivity (Wildman–Crippen MR) is 133 cm³/mol. The summed E-state index contributed by atoms with van der Waals surface area (Å²) in [4.78, 5) is 17.8. The number of hydrogen-bond acceptors (Lipinski definition) is 6. The third-order valence-electron chi connectivity index (χ3n) is 5.22. The van der Waals surface area contributed by atoms with Gasteiger partial charge in [-0.15, -0.1) is 0 Å². The van der Waals surface area contributed by atoms with E-state index in [0.29, 0.717) is 50.0 Å². The number of halogens is 1. The first kappa shape index (κ1) is 23.1. The first-order chi connectivity index (χ1) is 16.5. The molecule has 1 heterocycles. The Morgan fingerprint density at radius 2 is 1.62 bits per heavy atom. The number of carbonyl (C=O) groups is 1. The number of nitrogens with one attached hydrogen (secondary N) is 1. The minimum absolute atomic E-state index is 0.394. The molecule has 34 heavy (non-hydrogen) atoms. The summed E-state index contributed by atoms with van der Waals surface area (Å²) in [5.41, 5.74) is 5.58. The molecule has 0 saturated heterocycles. The number of amides is 1.